The van der Waals surface area contributed by atoms with E-state index in [2.05, 4.69) is 15.3 Å². The van der Waals surface area contributed by atoms with Crippen LogP contribution in [0.15, 0.2) is 18.2 Å². The fourth-order valence-electron chi connectivity index (χ4n) is 2.52. The van der Waals surface area contributed by atoms with E-state index in [0.717, 1.165) is 25.0 Å². The van der Waals surface area contributed by atoms with Crippen molar-refractivity contribution in [3.05, 3.63) is 40.2 Å². The number of hydrogen-bond donors (Lipinski definition) is 1. The Labute approximate surface area is 155 Å². The minimum Gasteiger partial charge on any atom is -0.365 e. The summed E-state index contributed by atoms with van der Waals surface area (Å²) in [5.74, 6) is 0.366. The van der Waals surface area contributed by atoms with Crippen LogP contribution in [0.4, 0.5) is 19.0 Å². The second kappa shape index (κ2) is 7.92. The lowest BCUT2D eigenvalue weighted by molar-refractivity contribution is -0.137. The van der Waals surface area contributed by atoms with Gasteiger partial charge in [-0.1, -0.05) is 31.5 Å². The largest absolute Gasteiger partial charge is 0.416 e. The van der Waals surface area contributed by atoms with Gasteiger partial charge in [0.2, 0.25) is 0 Å². The van der Waals surface area contributed by atoms with Gasteiger partial charge >= 0.3 is 6.18 Å². The third-order valence-electron chi connectivity index (χ3n) is 4.05. The third-order valence-corrected chi connectivity index (χ3v) is 4.37. The van der Waals surface area contributed by atoms with Crippen LogP contribution in [0.5, 0.6) is 0 Å². The van der Waals surface area contributed by atoms with Gasteiger partial charge in [0.1, 0.15) is 6.07 Å². The number of hydrogen-bond acceptors (Lipinski definition) is 4. The molecule has 1 heterocycles. The lowest BCUT2D eigenvalue weighted by Crippen LogP contribution is -2.19. The van der Waals surface area contributed by atoms with E-state index in [1.807, 2.05) is 19.9 Å². The quantitative estimate of drug-likeness (QED) is 0.731. The number of nitrogens with one attached hydrogen (secondary N) is 1. The molecule has 2 aromatic rings. The molecule has 0 aliphatic carbocycles. The number of rotatable bonds is 5. The van der Waals surface area contributed by atoms with E-state index in [1.54, 1.807) is 6.92 Å². The van der Waals surface area contributed by atoms with Crippen LogP contribution in [0.25, 0.3) is 11.3 Å². The van der Waals surface area contributed by atoms with Crippen LogP contribution in [-0.2, 0) is 6.18 Å². The molecule has 138 valence electrons. The van der Waals surface area contributed by atoms with E-state index in [0.29, 0.717) is 17.1 Å². The van der Waals surface area contributed by atoms with Gasteiger partial charge in [-0.15, -0.1) is 0 Å². The van der Waals surface area contributed by atoms with Crippen molar-refractivity contribution in [3.63, 3.8) is 0 Å². The molecule has 0 unspecified atom stereocenters. The summed E-state index contributed by atoms with van der Waals surface area (Å²) in [5, 5.41) is 12.5. The molecule has 1 aromatic heterocycles. The molecule has 0 atom stereocenters. The minimum atomic E-state index is -4.48. The van der Waals surface area contributed by atoms with Crippen LogP contribution in [0.3, 0.4) is 0 Å². The molecule has 0 radical (unpaired) electrons. The number of aryl methyl sites for hydroxylation is 1. The zero-order valence-corrected chi connectivity index (χ0v) is 15.3. The lowest BCUT2D eigenvalue weighted by Gasteiger charge is -2.17. The van der Waals surface area contributed by atoms with Crippen molar-refractivity contribution < 1.29 is 13.2 Å². The van der Waals surface area contributed by atoms with E-state index in [-0.39, 0.29) is 22.5 Å². The topological polar surface area (TPSA) is 61.6 Å². The van der Waals surface area contributed by atoms with E-state index < -0.39 is 11.7 Å². The molecule has 26 heavy (non-hydrogen) atoms. The molecule has 0 aliphatic heterocycles. The first-order chi connectivity index (χ1) is 12.2. The van der Waals surface area contributed by atoms with Gasteiger partial charge in [0, 0.05) is 11.6 Å². The van der Waals surface area contributed by atoms with Gasteiger partial charge in [0.25, 0.3) is 0 Å². The number of nitriles is 1. The van der Waals surface area contributed by atoms with E-state index in [9.17, 15) is 18.4 Å². The summed E-state index contributed by atoms with van der Waals surface area (Å²) in [6, 6.07) is 5.16. The first-order valence-electron chi connectivity index (χ1n) is 8.13. The molecule has 2 rings (SSSR count). The number of alkyl halides is 3. The van der Waals surface area contributed by atoms with Crippen LogP contribution in [0.1, 0.15) is 43.6 Å². The highest BCUT2D eigenvalue weighted by molar-refractivity contribution is 6.33. The molecular formula is C18H18ClF3N4. The summed E-state index contributed by atoms with van der Waals surface area (Å²) in [6.45, 7) is 5.71. The summed E-state index contributed by atoms with van der Waals surface area (Å²) < 4.78 is 38.4. The van der Waals surface area contributed by atoms with Crippen LogP contribution in [-0.4, -0.2) is 16.0 Å². The maximum absolute atomic E-state index is 12.8. The minimum absolute atomic E-state index is 0.0773. The van der Waals surface area contributed by atoms with E-state index in [4.69, 9.17) is 11.6 Å². The van der Waals surface area contributed by atoms with Crippen molar-refractivity contribution in [3.8, 4) is 17.3 Å². The molecule has 0 amide bonds. The van der Waals surface area contributed by atoms with Gasteiger partial charge in [0.15, 0.2) is 11.5 Å². The second-order valence-corrected chi connectivity index (χ2v) is 6.22. The average molecular weight is 383 g/mol. The van der Waals surface area contributed by atoms with Gasteiger partial charge in [-0.2, -0.15) is 18.4 Å². The Morgan fingerprint density at radius 1 is 1.23 bits per heavy atom. The highest BCUT2D eigenvalue weighted by atomic mass is 35.5. The van der Waals surface area contributed by atoms with E-state index >= 15 is 0 Å². The summed E-state index contributed by atoms with van der Waals surface area (Å²) in [5.41, 5.74) is 0.294. The van der Waals surface area contributed by atoms with Crippen molar-refractivity contribution in [1.29, 1.82) is 5.26 Å². The molecule has 0 saturated heterocycles. The Hall–Kier alpha value is -2.33. The predicted molar refractivity (Wildman–Crippen MR) is 94.9 cm³/mol. The average Bonchev–Trinajstić information content (AvgIpc) is 2.59. The second-order valence-electron chi connectivity index (χ2n) is 5.82. The monoisotopic (exact) mass is 382 g/mol. The zero-order valence-electron chi connectivity index (χ0n) is 14.6. The Balaban J connectivity index is 2.50. The molecule has 1 aromatic carbocycles. The number of anilines is 1. The van der Waals surface area contributed by atoms with Crippen LogP contribution in [0, 0.1) is 18.3 Å². The van der Waals surface area contributed by atoms with Crippen LogP contribution in [0.2, 0.25) is 5.02 Å². The standard InChI is InChI=1S/C18H18ClF3N4/c1-4-12(5-2)25-17-15(9-23)26-16(10(3)24-17)13-7-6-11(8-14(13)19)18(20,21)22/h6-8,12H,4-5H2,1-3H3,(H,24,25). The van der Waals surface area contributed by atoms with Crippen LogP contribution >= 0.6 is 11.6 Å². The van der Waals surface area contributed by atoms with Gasteiger partial charge in [-0.05, 0) is 31.9 Å². The maximum atomic E-state index is 12.8. The fraction of sp³-hybridized carbons (Fsp3) is 0.389. The van der Waals surface area contributed by atoms with Gasteiger partial charge < -0.3 is 5.32 Å². The first-order valence-corrected chi connectivity index (χ1v) is 8.51. The Morgan fingerprint density at radius 3 is 2.38 bits per heavy atom. The summed E-state index contributed by atoms with van der Waals surface area (Å²) >= 11 is 6.04. The molecule has 8 heteroatoms. The molecular weight excluding hydrogens is 365 g/mol. The first kappa shape index (κ1) is 20.0. The van der Waals surface area contributed by atoms with Crippen molar-refractivity contribution in [2.75, 3.05) is 5.32 Å². The number of halogens is 4. The predicted octanol–water partition coefficient (Wildman–Crippen LogP) is 5.60. The van der Waals surface area contributed by atoms with Crippen molar-refractivity contribution in [2.24, 2.45) is 0 Å². The Morgan fingerprint density at radius 2 is 1.88 bits per heavy atom. The summed E-state index contributed by atoms with van der Waals surface area (Å²) in [7, 11) is 0. The Bertz CT molecular complexity index is 840. The number of aromatic nitrogens is 2. The van der Waals surface area contributed by atoms with Crippen molar-refractivity contribution in [2.45, 2.75) is 45.8 Å². The third kappa shape index (κ3) is 4.25. The SMILES string of the molecule is CCC(CC)Nc1nc(C)c(-c2ccc(C(F)(F)F)cc2Cl)nc1C#N. The molecule has 4 nitrogen and oxygen atoms in total. The number of benzene rings is 1. The number of nitrogens with zero attached hydrogens (tertiary/aromatic N) is 3. The molecule has 0 saturated carbocycles. The molecule has 0 aliphatic rings. The highest BCUT2D eigenvalue weighted by Gasteiger charge is 2.31. The lowest BCUT2D eigenvalue weighted by atomic mass is 10.1. The fourth-order valence-corrected chi connectivity index (χ4v) is 2.79. The van der Waals surface area contributed by atoms with Gasteiger partial charge in [-0.3, -0.25) is 0 Å². The van der Waals surface area contributed by atoms with Crippen molar-refractivity contribution >= 4 is 17.4 Å². The van der Waals surface area contributed by atoms with E-state index in [1.165, 1.54) is 6.07 Å². The highest BCUT2D eigenvalue weighted by Crippen LogP contribution is 2.36. The maximum Gasteiger partial charge on any atom is 0.416 e. The van der Waals surface area contributed by atoms with Gasteiger partial charge in [0.05, 0.1) is 22.0 Å². The smallest absolute Gasteiger partial charge is 0.365 e. The molecule has 0 spiro atoms. The normalized spacial score (nSPS) is 11.5. The van der Waals surface area contributed by atoms with Crippen LogP contribution < -0.4 is 5.32 Å². The molecule has 1 N–H and O–H groups in total. The molecule has 0 bridgehead atoms. The molecule has 0 fully saturated rings. The zero-order chi connectivity index (χ0) is 19.5. The summed E-state index contributed by atoms with van der Waals surface area (Å²) in [6.07, 6.45) is -2.77. The Kier molecular flexibility index (Phi) is 6.09. The summed E-state index contributed by atoms with van der Waals surface area (Å²) in [4.78, 5) is 8.67. The van der Waals surface area contributed by atoms with Gasteiger partial charge in [-0.25, -0.2) is 9.97 Å². The van der Waals surface area contributed by atoms with Crippen molar-refractivity contribution in [1.82, 2.24) is 9.97 Å².